The molecule has 0 saturated heterocycles. The Hall–Kier alpha value is -1.84. The first kappa shape index (κ1) is 16.5. The van der Waals surface area contributed by atoms with Crippen LogP contribution in [0.2, 0.25) is 0 Å². The van der Waals surface area contributed by atoms with Gasteiger partial charge in [0.1, 0.15) is 11.6 Å². The molecule has 1 aliphatic heterocycles. The van der Waals surface area contributed by atoms with E-state index >= 15 is 0 Å². The Kier molecular flexibility index (Phi) is 5.22. The summed E-state index contributed by atoms with van der Waals surface area (Å²) >= 11 is 0. The van der Waals surface area contributed by atoms with Gasteiger partial charge in [-0.05, 0) is 52.0 Å². The third kappa shape index (κ3) is 4.86. The quantitative estimate of drug-likeness (QED) is 0.850. The minimum Gasteiger partial charge on any atom is -0.458 e. The molecule has 0 bridgehead atoms. The Balaban J connectivity index is 1.80. The van der Waals surface area contributed by atoms with Gasteiger partial charge in [-0.25, -0.2) is 4.79 Å². The Morgan fingerprint density at radius 3 is 2.64 bits per heavy atom. The fourth-order valence-corrected chi connectivity index (χ4v) is 2.71. The third-order valence-electron chi connectivity index (χ3n) is 3.77. The molecule has 4 nitrogen and oxygen atoms in total. The average Bonchev–Trinajstić information content (AvgIpc) is 2.80. The van der Waals surface area contributed by atoms with Crippen molar-refractivity contribution in [3.05, 3.63) is 35.9 Å². The van der Waals surface area contributed by atoms with E-state index in [-0.39, 0.29) is 11.9 Å². The van der Waals surface area contributed by atoms with Gasteiger partial charge in [-0.1, -0.05) is 30.3 Å². The molecule has 0 aromatic heterocycles. The van der Waals surface area contributed by atoms with Crippen LogP contribution in [0.4, 0.5) is 0 Å². The molecule has 1 heterocycles. The van der Waals surface area contributed by atoms with Gasteiger partial charge in [0.25, 0.3) is 0 Å². The maximum absolute atomic E-state index is 12.1. The molecule has 1 unspecified atom stereocenters. The summed E-state index contributed by atoms with van der Waals surface area (Å²) in [6.45, 7) is 5.60. The Morgan fingerprint density at radius 1 is 1.32 bits per heavy atom. The number of carbonyl (C=O) groups excluding carboxylic acids is 1. The first-order valence-corrected chi connectivity index (χ1v) is 7.95. The van der Waals surface area contributed by atoms with Gasteiger partial charge < -0.3 is 10.5 Å². The SMILES string of the molecule is CC(C)(C)OC(=O)[C@@H]1CC(CCCc2ccccc2)C(N)=N1. The molecule has 2 rings (SSSR count). The van der Waals surface area contributed by atoms with Gasteiger partial charge in [0.05, 0.1) is 5.84 Å². The third-order valence-corrected chi connectivity index (χ3v) is 3.77. The molecule has 120 valence electrons. The van der Waals surface area contributed by atoms with Gasteiger partial charge in [-0.15, -0.1) is 0 Å². The maximum Gasteiger partial charge on any atom is 0.331 e. The molecular formula is C18H26N2O2. The van der Waals surface area contributed by atoms with Gasteiger partial charge in [0, 0.05) is 5.92 Å². The lowest BCUT2D eigenvalue weighted by atomic mass is 9.95. The first-order chi connectivity index (χ1) is 10.3. The lowest BCUT2D eigenvalue weighted by Gasteiger charge is -2.21. The van der Waals surface area contributed by atoms with Crippen molar-refractivity contribution in [1.82, 2.24) is 0 Å². The van der Waals surface area contributed by atoms with E-state index in [1.54, 1.807) is 0 Å². The van der Waals surface area contributed by atoms with Crippen LogP contribution in [0.3, 0.4) is 0 Å². The molecule has 0 amide bonds. The molecule has 22 heavy (non-hydrogen) atoms. The van der Waals surface area contributed by atoms with Crippen molar-refractivity contribution in [2.45, 2.75) is 58.1 Å². The van der Waals surface area contributed by atoms with E-state index in [0.29, 0.717) is 12.3 Å². The number of amidine groups is 1. The minimum atomic E-state index is -0.479. The lowest BCUT2D eigenvalue weighted by Crippen LogP contribution is -2.30. The van der Waals surface area contributed by atoms with E-state index in [1.165, 1.54) is 5.56 Å². The van der Waals surface area contributed by atoms with Crippen molar-refractivity contribution in [2.24, 2.45) is 16.6 Å². The second-order valence-electron chi connectivity index (χ2n) is 6.91. The summed E-state index contributed by atoms with van der Waals surface area (Å²) in [4.78, 5) is 16.4. The summed E-state index contributed by atoms with van der Waals surface area (Å²) in [7, 11) is 0. The van der Waals surface area contributed by atoms with E-state index in [1.807, 2.05) is 26.8 Å². The van der Waals surface area contributed by atoms with Gasteiger partial charge in [-0.3, -0.25) is 4.99 Å². The molecular weight excluding hydrogens is 276 g/mol. The maximum atomic E-state index is 12.1. The summed E-state index contributed by atoms with van der Waals surface area (Å²) in [5, 5.41) is 0. The summed E-state index contributed by atoms with van der Waals surface area (Å²) in [6.07, 6.45) is 3.72. The predicted molar refractivity (Wildman–Crippen MR) is 88.7 cm³/mol. The molecule has 4 heteroatoms. The number of nitrogens with two attached hydrogens (primary N) is 1. The number of hydrogen-bond acceptors (Lipinski definition) is 4. The van der Waals surface area contributed by atoms with E-state index in [2.05, 4.69) is 29.3 Å². The van der Waals surface area contributed by atoms with Crippen LogP contribution in [0, 0.1) is 5.92 Å². The highest BCUT2D eigenvalue weighted by Crippen LogP contribution is 2.25. The summed E-state index contributed by atoms with van der Waals surface area (Å²) in [6, 6.07) is 9.97. The Bertz CT molecular complexity index is 532. The molecule has 0 spiro atoms. The number of aliphatic imine (C=N–C) groups is 1. The average molecular weight is 302 g/mol. The second-order valence-corrected chi connectivity index (χ2v) is 6.91. The fraction of sp³-hybridized carbons (Fsp3) is 0.556. The van der Waals surface area contributed by atoms with Crippen LogP contribution in [0.25, 0.3) is 0 Å². The van der Waals surface area contributed by atoms with Gasteiger partial charge >= 0.3 is 5.97 Å². The highest BCUT2D eigenvalue weighted by atomic mass is 16.6. The molecule has 0 radical (unpaired) electrons. The lowest BCUT2D eigenvalue weighted by molar-refractivity contribution is -0.156. The Labute approximate surface area is 132 Å². The minimum absolute atomic E-state index is 0.196. The van der Waals surface area contributed by atoms with Crippen molar-refractivity contribution >= 4 is 11.8 Å². The summed E-state index contributed by atoms with van der Waals surface area (Å²) < 4.78 is 5.39. The van der Waals surface area contributed by atoms with Crippen LogP contribution in [-0.2, 0) is 16.0 Å². The zero-order chi connectivity index (χ0) is 16.2. The van der Waals surface area contributed by atoms with Crippen LogP contribution in [0.1, 0.15) is 45.6 Å². The van der Waals surface area contributed by atoms with Crippen LogP contribution in [-0.4, -0.2) is 23.4 Å². The van der Waals surface area contributed by atoms with Crippen molar-refractivity contribution < 1.29 is 9.53 Å². The molecule has 1 aliphatic rings. The van der Waals surface area contributed by atoms with E-state index in [4.69, 9.17) is 10.5 Å². The summed E-state index contributed by atoms with van der Waals surface area (Å²) in [5.74, 6) is 0.533. The van der Waals surface area contributed by atoms with Crippen molar-refractivity contribution in [2.75, 3.05) is 0 Å². The number of rotatable bonds is 5. The number of aryl methyl sites for hydroxylation is 1. The van der Waals surface area contributed by atoms with Crippen LogP contribution in [0.5, 0.6) is 0 Å². The highest BCUT2D eigenvalue weighted by molar-refractivity contribution is 5.90. The highest BCUT2D eigenvalue weighted by Gasteiger charge is 2.33. The molecule has 2 atom stereocenters. The fourth-order valence-electron chi connectivity index (χ4n) is 2.71. The Morgan fingerprint density at radius 2 is 2.00 bits per heavy atom. The number of hydrogen-bond donors (Lipinski definition) is 1. The van der Waals surface area contributed by atoms with Gasteiger partial charge in [0.2, 0.25) is 0 Å². The molecule has 0 aliphatic carbocycles. The van der Waals surface area contributed by atoms with Crippen LogP contribution < -0.4 is 5.73 Å². The van der Waals surface area contributed by atoms with Crippen molar-refractivity contribution in [1.29, 1.82) is 0 Å². The van der Waals surface area contributed by atoms with Crippen LogP contribution in [0.15, 0.2) is 35.3 Å². The number of ether oxygens (including phenoxy) is 1. The van der Waals surface area contributed by atoms with E-state index in [0.717, 1.165) is 19.3 Å². The normalized spacial score (nSPS) is 21.5. The molecule has 2 N–H and O–H groups in total. The van der Waals surface area contributed by atoms with Crippen molar-refractivity contribution in [3.63, 3.8) is 0 Å². The molecule has 1 aromatic rings. The molecule has 1 aromatic carbocycles. The zero-order valence-corrected chi connectivity index (χ0v) is 13.7. The standard InChI is InChI=1S/C18H26N2O2/c1-18(2,3)22-17(21)15-12-14(16(19)20-15)11-7-10-13-8-5-4-6-9-13/h4-6,8-9,14-15H,7,10-12H2,1-3H3,(H2,19,20)/t14?,15-/m0/s1. The zero-order valence-electron chi connectivity index (χ0n) is 13.7. The summed E-state index contributed by atoms with van der Waals surface area (Å²) in [5.41, 5.74) is 6.85. The predicted octanol–water partition coefficient (Wildman–Crippen LogP) is 3.10. The molecule has 0 saturated carbocycles. The van der Waals surface area contributed by atoms with E-state index < -0.39 is 11.6 Å². The second kappa shape index (κ2) is 6.95. The topological polar surface area (TPSA) is 64.7 Å². The number of esters is 1. The van der Waals surface area contributed by atoms with Gasteiger partial charge in [-0.2, -0.15) is 0 Å². The largest absolute Gasteiger partial charge is 0.458 e. The number of carbonyl (C=O) groups is 1. The van der Waals surface area contributed by atoms with Gasteiger partial charge in [0.15, 0.2) is 0 Å². The number of benzene rings is 1. The monoisotopic (exact) mass is 302 g/mol. The molecule has 0 fully saturated rings. The number of nitrogens with zero attached hydrogens (tertiary/aromatic N) is 1. The first-order valence-electron chi connectivity index (χ1n) is 7.95. The van der Waals surface area contributed by atoms with Crippen molar-refractivity contribution in [3.8, 4) is 0 Å². The van der Waals surface area contributed by atoms with E-state index in [9.17, 15) is 4.79 Å². The smallest absolute Gasteiger partial charge is 0.331 e. The van der Waals surface area contributed by atoms with Crippen LogP contribution >= 0.6 is 0 Å².